The number of carbonyl (C=O) groups is 2. The first-order chi connectivity index (χ1) is 10.5. The number of hydrogen-bond donors (Lipinski definition) is 2. The number of anilines is 1. The van der Waals surface area contributed by atoms with Crippen molar-refractivity contribution < 1.29 is 9.59 Å². The minimum absolute atomic E-state index is 0.0725. The van der Waals surface area contributed by atoms with Gasteiger partial charge in [0.05, 0.1) is 0 Å². The van der Waals surface area contributed by atoms with Crippen LogP contribution >= 0.6 is 0 Å². The maximum Gasteiger partial charge on any atom is 0.248 e. The predicted octanol–water partition coefficient (Wildman–Crippen LogP) is 2.81. The molecule has 5 nitrogen and oxygen atoms in total. The standard InChI is InChI=1S/C17H21N3O2/c1-12(2)11-15(20-9-3-4-10-20)17(22)19-14-7-5-13(6-8-14)16(18)21/h3-10,12,15H,11H2,1-2H3,(H2,18,21)(H,19,22)/t15-/m0/s1. The van der Waals surface area contributed by atoms with Gasteiger partial charge in [-0.15, -0.1) is 0 Å². The summed E-state index contributed by atoms with van der Waals surface area (Å²) in [5.41, 5.74) is 6.27. The van der Waals surface area contributed by atoms with Gasteiger partial charge in [-0.3, -0.25) is 9.59 Å². The largest absolute Gasteiger partial charge is 0.366 e. The molecular formula is C17H21N3O2. The van der Waals surface area contributed by atoms with Crippen molar-refractivity contribution in [2.75, 3.05) is 5.32 Å². The lowest BCUT2D eigenvalue weighted by Gasteiger charge is -2.20. The van der Waals surface area contributed by atoms with E-state index >= 15 is 0 Å². The third-order valence-corrected chi connectivity index (χ3v) is 3.42. The fraction of sp³-hybridized carbons (Fsp3) is 0.294. The van der Waals surface area contributed by atoms with Gasteiger partial charge in [0.15, 0.2) is 0 Å². The molecule has 22 heavy (non-hydrogen) atoms. The van der Waals surface area contributed by atoms with Crippen LogP contribution in [0.3, 0.4) is 0 Å². The molecular weight excluding hydrogens is 278 g/mol. The van der Waals surface area contributed by atoms with Gasteiger partial charge in [-0.1, -0.05) is 13.8 Å². The van der Waals surface area contributed by atoms with Crippen LogP contribution in [0.4, 0.5) is 5.69 Å². The molecule has 2 amide bonds. The van der Waals surface area contributed by atoms with Crippen molar-refractivity contribution in [3.8, 4) is 0 Å². The SMILES string of the molecule is CC(C)C[C@@H](C(=O)Nc1ccc(C(N)=O)cc1)n1cccc1. The average Bonchev–Trinajstić information content (AvgIpc) is 2.99. The van der Waals surface area contributed by atoms with Crippen molar-refractivity contribution in [3.05, 3.63) is 54.4 Å². The average molecular weight is 299 g/mol. The van der Waals surface area contributed by atoms with Crippen LogP contribution in [0.25, 0.3) is 0 Å². The molecule has 5 heteroatoms. The summed E-state index contributed by atoms with van der Waals surface area (Å²) in [5, 5.41) is 2.89. The zero-order chi connectivity index (χ0) is 16.1. The number of nitrogens with two attached hydrogens (primary N) is 1. The Morgan fingerprint density at radius 2 is 1.73 bits per heavy atom. The van der Waals surface area contributed by atoms with Crippen LogP contribution in [0.2, 0.25) is 0 Å². The van der Waals surface area contributed by atoms with Gasteiger partial charge in [-0.2, -0.15) is 0 Å². The highest BCUT2D eigenvalue weighted by Crippen LogP contribution is 2.20. The molecule has 0 aliphatic heterocycles. The van der Waals surface area contributed by atoms with Crippen molar-refractivity contribution >= 4 is 17.5 Å². The van der Waals surface area contributed by atoms with Gasteiger partial charge in [0.1, 0.15) is 6.04 Å². The molecule has 0 radical (unpaired) electrons. The van der Waals surface area contributed by atoms with Gasteiger partial charge >= 0.3 is 0 Å². The van der Waals surface area contributed by atoms with Crippen molar-refractivity contribution in [2.45, 2.75) is 26.3 Å². The van der Waals surface area contributed by atoms with E-state index in [1.165, 1.54) is 0 Å². The van der Waals surface area contributed by atoms with E-state index in [0.29, 0.717) is 17.2 Å². The Balaban J connectivity index is 2.12. The zero-order valence-corrected chi connectivity index (χ0v) is 12.8. The first-order valence-electron chi connectivity index (χ1n) is 7.30. The Morgan fingerprint density at radius 1 is 1.14 bits per heavy atom. The summed E-state index contributed by atoms with van der Waals surface area (Å²) >= 11 is 0. The molecule has 0 fully saturated rings. The molecule has 1 aromatic heterocycles. The summed E-state index contributed by atoms with van der Waals surface area (Å²) < 4.78 is 1.91. The fourth-order valence-electron chi connectivity index (χ4n) is 2.31. The van der Waals surface area contributed by atoms with Crippen LogP contribution < -0.4 is 11.1 Å². The Hall–Kier alpha value is -2.56. The zero-order valence-electron chi connectivity index (χ0n) is 12.8. The van der Waals surface area contributed by atoms with E-state index in [1.54, 1.807) is 24.3 Å². The first kappa shape index (κ1) is 15.8. The second kappa shape index (κ2) is 6.93. The van der Waals surface area contributed by atoms with Gasteiger partial charge in [0.25, 0.3) is 0 Å². The monoisotopic (exact) mass is 299 g/mol. The number of primary amides is 1. The quantitative estimate of drug-likeness (QED) is 0.860. The molecule has 2 aromatic rings. The number of carbonyl (C=O) groups excluding carboxylic acids is 2. The van der Waals surface area contributed by atoms with Gasteiger partial charge in [0.2, 0.25) is 11.8 Å². The van der Waals surface area contributed by atoms with E-state index in [1.807, 2.05) is 29.1 Å². The molecule has 0 aliphatic rings. The van der Waals surface area contributed by atoms with Gasteiger partial charge < -0.3 is 15.6 Å². The molecule has 0 spiro atoms. The Labute approximate surface area is 130 Å². The van der Waals surface area contributed by atoms with E-state index in [4.69, 9.17) is 5.73 Å². The van der Waals surface area contributed by atoms with E-state index in [9.17, 15) is 9.59 Å². The molecule has 0 bridgehead atoms. The lowest BCUT2D eigenvalue weighted by molar-refractivity contribution is -0.119. The Kier molecular flexibility index (Phi) is 4.99. The highest BCUT2D eigenvalue weighted by atomic mass is 16.2. The topological polar surface area (TPSA) is 77.1 Å². The maximum absolute atomic E-state index is 12.5. The Morgan fingerprint density at radius 3 is 2.23 bits per heavy atom. The van der Waals surface area contributed by atoms with Crippen LogP contribution in [0, 0.1) is 5.92 Å². The Bertz CT molecular complexity index is 630. The lowest BCUT2D eigenvalue weighted by atomic mass is 10.0. The smallest absolute Gasteiger partial charge is 0.248 e. The van der Waals surface area contributed by atoms with E-state index < -0.39 is 5.91 Å². The number of hydrogen-bond acceptors (Lipinski definition) is 2. The van der Waals surface area contributed by atoms with E-state index in [-0.39, 0.29) is 11.9 Å². The summed E-state index contributed by atoms with van der Waals surface area (Å²) in [5.74, 6) is -0.157. The molecule has 1 atom stereocenters. The van der Waals surface area contributed by atoms with Crippen molar-refractivity contribution in [1.82, 2.24) is 4.57 Å². The highest BCUT2D eigenvalue weighted by Gasteiger charge is 2.21. The molecule has 116 valence electrons. The number of benzene rings is 1. The molecule has 1 aromatic carbocycles. The second-order valence-corrected chi connectivity index (χ2v) is 5.71. The summed E-state index contributed by atoms with van der Waals surface area (Å²) in [7, 11) is 0. The lowest BCUT2D eigenvalue weighted by Crippen LogP contribution is -2.26. The number of aromatic nitrogens is 1. The van der Waals surface area contributed by atoms with Crippen LogP contribution in [0.1, 0.15) is 36.7 Å². The number of amides is 2. The van der Waals surface area contributed by atoms with Gasteiger partial charge in [-0.25, -0.2) is 0 Å². The van der Waals surface area contributed by atoms with E-state index in [2.05, 4.69) is 19.2 Å². The van der Waals surface area contributed by atoms with Crippen molar-refractivity contribution in [3.63, 3.8) is 0 Å². The van der Waals surface area contributed by atoms with Crippen LogP contribution in [0.5, 0.6) is 0 Å². The summed E-state index contributed by atoms with van der Waals surface area (Å²) in [6, 6.07) is 10.1. The third-order valence-electron chi connectivity index (χ3n) is 3.42. The third kappa shape index (κ3) is 3.97. The highest BCUT2D eigenvalue weighted by molar-refractivity contribution is 5.96. The minimum Gasteiger partial charge on any atom is -0.366 e. The van der Waals surface area contributed by atoms with Gasteiger partial charge in [0, 0.05) is 23.6 Å². The minimum atomic E-state index is -0.483. The molecule has 0 aliphatic carbocycles. The van der Waals surface area contributed by atoms with E-state index in [0.717, 1.165) is 6.42 Å². The van der Waals surface area contributed by atoms with Crippen molar-refractivity contribution in [2.24, 2.45) is 11.7 Å². The number of nitrogens with one attached hydrogen (secondary N) is 1. The normalized spacial score (nSPS) is 12.1. The van der Waals surface area contributed by atoms with Gasteiger partial charge in [-0.05, 0) is 48.7 Å². The molecule has 2 rings (SSSR count). The molecule has 0 saturated carbocycles. The summed E-state index contributed by atoms with van der Waals surface area (Å²) in [6.45, 7) is 4.18. The second-order valence-electron chi connectivity index (χ2n) is 5.71. The summed E-state index contributed by atoms with van der Waals surface area (Å²) in [6.07, 6.45) is 4.53. The van der Waals surface area contributed by atoms with Crippen LogP contribution in [-0.4, -0.2) is 16.4 Å². The predicted molar refractivity (Wildman–Crippen MR) is 86.5 cm³/mol. The molecule has 0 saturated heterocycles. The molecule has 0 unspecified atom stereocenters. The number of rotatable bonds is 6. The maximum atomic E-state index is 12.5. The molecule has 1 heterocycles. The van der Waals surface area contributed by atoms with Crippen LogP contribution in [-0.2, 0) is 4.79 Å². The molecule has 3 N–H and O–H groups in total. The first-order valence-corrected chi connectivity index (χ1v) is 7.30. The fourth-order valence-corrected chi connectivity index (χ4v) is 2.31. The van der Waals surface area contributed by atoms with Crippen LogP contribution in [0.15, 0.2) is 48.8 Å². The number of nitrogens with zero attached hydrogens (tertiary/aromatic N) is 1. The summed E-state index contributed by atoms with van der Waals surface area (Å²) in [4.78, 5) is 23.6. The van der Waals surface area contributed by atoms with Crippen molar-refractivity contribution in [1.29, 1.82) is 0 Å².